The molecule has 1 aliphatic rings. The number of rotatable bonds is 3. The van der Waals surface area contributed by atoms with E-state index in [4.69, 9.17) is 11.6 Å². The Bertz CT molecular complexity index is 637. The largest absolute Gasteiger partial charge is 0.324 e. The van der Waals surface area contributed by atoms with Crippen LogP contribution in [0.2, 0.25) is 0 Å². The van der Waals surface area contributed by atoms with Crippen LogP contribution in [0.15, 0.2) is 18.2 Å². The monoisotopic (exact) mass is 308 g/mol. The van der Waals surface area contributed by atoms with Gasteiger partial charge in [0, 0.05) is 18.3 Å². The highest BCUT2D eigenvalue weighted by molar-refractivity contribution is 6.17. The molecule has 0 radical (unpaired) electrons. The normalized spacial score (nSPS) is 26.4. The second kappa shape index (κ2) is 5.96. The number of imidazole rings is 1. The molecule has 0 aliphatic heterocycles. The van der Waals surface area contributed by atoms with Crippen LogP contribution in [0.3, 0.4) is 0 Å². The van der Waals surface area contributed by atoms with Crippen molar-refractivity contribution < 1.29 is 4.39 Å². The number of hydrogen-bond acceptors (Lipinski definition) is 1. The topological polar surface area (TPSA) is 17.8 Å². The molecule has 0 amide bonds. The van der Waals surface area contributed by atoms with E-state index >= 15 is 0 Å². The molecule has 1 aliphatic carbocycles. The average molecular weight is 309 g/mol. The first-order chi connectivity index (χ1) is 10.1. The molecule has 1 saturated carbocycles. The Kier molecular flexibility index (Phi) is 4.21. The zero-order chi connectivity index (χ0) is 15.0. The Morgan fingerprint density at radius 1 is 1.33 bits per heavy atom. The molecule has 0 saturated heterocycles. The third-order valence-electron chi connectivity index (χ3n) is 5.06. The summed E-state index contributed by atoms with van der Waals surface area (Å²) in [5.41, 5.74) is 1.41. The lowest BCUT2D eigenvalue weighted by Crippen LogP contribution is -2.28. The fourth-order valence-electron chi connectivity index (χ4n) is 3.68. The molecule has 0 N–H and O–H groups in total. The van der Waals surface area contributed by atoms with Crippen molar-refractivity contribution in [2.75, 3.05) is 5.88 Å². The number of fused-ring (bicyclic) bond motifs is 1. The maximum Gasteiger partial charge on any atom is 0.151 e. The molecule has 0 bridgehead atoms. The molecule has 2 nitrogen and oxygen atoms in total. The van der Waals surface area contributed by atoms with Gasteiger partial charge in [-0.3, -0.25) is 0 Å². The van der Waals surface area contributed by atoms with Gasteiger partial charge in [-0.25, -0.2) is 9.37 Å². The third kappa shape index (κ3) is 2.57. The number of aromatic nitrogens is 2. The first kappa shape index (κ1) is 14.8. The summed E-state index contributed by atoms with van der Waals surface area (Å²) in [6.07, 6.45) is 4.34. The van der Waals surface area contributed by atoms with Gasteiger partial charge < -0.3 is 4.57 Å². The molecule has 1 fully saturated rings. The maximum atomic E-state index is 14.1. The van der Waals surface area contributed by atoms with Crippen molar-refractivity contribution >= 4 is 22.6 Å². The van der Waals surface area contributed by atoms with Gasteiger partial charge >= 0.3 is 0 Å². The van der Waals surface area contributed by atoms with Gasteiger partial charge in [-0.05, 0) is 30.4 Å². The molecule has 1 aromatic heterocycles. The second-order valence-electron chi connectivity index (χ2n) is 6.28. The van der Waals surface area contributed by atoms with Crippen molar-refractivity contribution in [3.05, 3.63) is 29.8 Å². The maximum absolute atomic E-state index is 14.1. The molecule has 0 spiro atoms. The predicted octanol–water partition coefficient (Wildman–Crippen LogP) is 4.95. The van der Waals surface area contributed by atoms with Crippen molar-refractivity contribution in [1.29, 1.82) is 0 Å². The second-order valence-corrected chi connectivity index (χ2v) is 6.66. The van der Waals surface area contributed by atoms with Gasteiger partial charge in [-0.1, -0.05) is 32.8 Å². The summed E-state index contributed by atoms with van der Waals surface area (Å²) in [7, 11) is 0. The third-order valence-corrected chi connectivity index (χ3v) is 5.25. The Labute approximate surface area is 130 Å². The lowest BCUT2D eigenvalue weighted by atomic mass is 9.78. The molecular weight excluding hydrogens is 287 g/mol. The van der Waals surface area contributed by atoms with Crippen LogP contribution >= 0.6 is 11.6 Å². The standard InChI is InChI=1S/C17H22ClFN2/c1-11-5-3-7-14(12(11)2)21-15-8-4-6-13(19)17(15)20-16(21)9-10-18/h4,6,8,11-12,14H,3,5,7,9-10H2,1-2H3. The number of aryl methyl sites for hydroxylation is 1. The Hall–Kier alpha value is -1.09. The van der Waals surface area contributed by atoms with Crippen molar-refractivity contribution in [2.24, 2.45) is 11.8 Å². The van der Waals surface area contributed by atoms with Crippen LogP contribution in [0.1, 0.15) is 45.0 Å². The number of nitrogens with zero attached hydrogens (tertiary/aromatic N) is 2. The molecule has 21 heavy (non-hydrogen) atoms. The summed E-state index contributed by atoms with van der Waals surface area (Å²) < 4.78 is 16.3. The fraction of sp³-hybridized carbons (Fsp3) is 0.588. The molecule has 1 heterocycles. The molecule has 3 atom stereocenters. The molecule has 2 aromatic rings. The van der Waals surface area contributed by atoms with E-state index in [1.54, 1.807) is 6.07 Å². The summed E-state index contributed by atoms with van der Waals surface area (Å²) in [5.74, 6) is 2.48. The van der Waals surface area contributed by atoms with E-state index < -0.39 is 0 Å². The summed E-state index contributed by atoms with van der Waals surface area (Å²) in [6, 6.07) is 5.64. The minimum Gasteiger partial charge on any atom is -0.324 e. The predicted molar refractivity (Wildman–Crippen MR) is 85.3 cm³/mol. The lowest BCUT2D eigenvalue weighted by Gasteiger charge is -2.36. The van der Waals surface area contributed by atoms with Crippen LogP contribution in [-0.4, -0.2) is 15.4 Å². The van der Waals surface area contributed by atoms with Crippen molar-refractivity contribution in [1.82, 2.24) is 9.55 Å². The van der Waals surface area contributed by atoms with Gasteiger partial charge in [0.05, 0.1) is 5.52 Å². The molecule has 4 heteroatoms. The van der Waals surface area contributed by atoms with E-state index in [1.807, 2.05) is 6.07 Å². The van der Waals surface area contributed by atoms with Crippen LogP contribution < -0.4 is 0 Å². The van der Waals surface area contributed by atoms with Crippen molar-refractivity contribution in [3.8, 4) is 0 Å². The summed E-state index contributed by atoms with van der Waals surface area (Å²) in [6.45, 7) is 4.63. The summed E-state index contributed by atoms with van der Waals surface area (Å²) in [4.78, 5) is 4.54. The molecule has 3 rings (SSSR count). The summed E-state index contributed by atoms with van der Waals surface area (Å²) >= 11 is 5.93. The van der Waals surface area contributed by atoms with E-state index in [-0.39, 0.29) is 5.82 Å². The number of hydrogen-bond donors (Lipinski definition) is 0. The lowest BCUT2D eigenvalue weighted by molar-refractivity contribution is 0.187. The SMILES string of the molecule is CC1CCCC(n2c(CCCl)nc3c(F)cccc32)C1C. The Morgan fingerprint density at radius 3 is 2.90 bits per heavy atom. The number of alkyl halides is 1. The van der Waals surface area contributed by atoms with Gasteiger partial charge in [0.15, 0.2) is 5.82 Å². The molecule has 3 unspecified atom stereocenters. The van der Waals surface area contributed by atoms with Crippen LogP contribution in [0, 0.1) is 17.7 Å². The molecular formula is C17H22ClFN2. The fourth-order valence-corrected chi connectivity index (χ4v) is 3.85. The zero-order valence-electron chi connectivity index (χ0n) is 12.6. The van der Waals surface area contributed by atoms with E-state index in [0.29, 0.717) is 35.7 Å². The van der Waals surface area contributed by atoms with E-state index in [0.717, 1.165) is 17.8 Å². The Balaban J connectivity index is 2.15. The molecule has 1 aromatic carbocycles. The zero-order valence-corrected chi connectivity index (χ0v) is 13.4. The van der Waals surface area contributed by atoms with Gasteiger partial charge in [-0.15, -0.1) is 11.6 Å². The van der Waals surface area contributed by atoms with Crippen LogP contribution in [0.25, 0.3) is 11.0 Å². The van der Waals surface area contributed by atoms with Crippen molar-refractivity contribution in [3.63, 3.8) is 0 Å². The minimum absolute atomic E-state index is 0.237. The quantitative estimate of drug-likeness (QED) is 0.733. The van der Waals surface area contributed by atoms with Crippen LogP contribution in [-0.2, 0) is 6.42 Å². The molecule has 114 valence electrons. The smallest absolute Gasteiger partial charge is 0.151 e. The Morgan fingerprint density at radius 2 is 2.14 bits per heavy atom. The van der Waals surface area contributed by atoms with Gasteiger partial charge in [0.25, 0.3) is 0 Å². The van der Waals surface area contributed by atoms with E-state index in [9.17, 15) is 4.39 Å². The van der Waals surface area contributed by atoms with Crippen LogP contribution in [0.5, 0.6) is 0 Å². The minimum atomic E-state index is -0.237. The number of benzene rings is 1. The van der Waals surface area contributed by atoms with E-state index in [1.165, 1.54) is 18.9 Å². The van der Waals surface area contributed by atoms with Gasteiger partial charge in [0.2, 0.25) is 0 Å². The number of para-hydroxylation sites is 1. The average Bonchev–Trinajstić information content (AvgIpc) is 2.82. The van der Waals surface area contributed by atoms with Crippen molar-refractivity contribution in [2.45, 2.75) is 45.6 Å². The van der Waals surface area contributed by atoms with E-state index in [2.05, 4.69) is 23.4 Å². The number of halogens is 2. The first-order valence-electron chi connectivity index (χ1n) is 7.84. The van der Waals surface area contributed by atoms with Gasteiger partial charge in [-0.2, -0.15) is 0 Å². The highest BCUT2D eigenvalue weighted by Gasteiger charge is 2.31. The van der Waals surface area contributed by atoms with Gasteiger partial charge in [0.1, 0.15) is 11.3 Å². The highest BCUT2D eigenvalue weighted by Crippen LogP contribution is 2.40. The van der Waals surface area contributed by atoms with Crippen LogP contribution in [0.4, 0.5) is 4.39 Å². The first-order valence-corrected chi connectivity index (χ1v) is 8.38. The highest BCUT2D eigenvalue weighted by atomic mass is 35.5. The summed E-state index contributed by atoms with van der Waals surface area (Å²) in [5, 5.41) is 0.